The summed E-state index contributed by atoms with van der Waals surface area (Å²) in [6.07, 6.45) is 5.72. The van der Waals surface area contributed by atoms with E-state index in [1.54, 1.807) is 24.3 Å². The second-order valence-corrected chi connectivity index (χ2v) is 6.94. The van der Waals surface area contributed by atoms with Gasteiger partial charge in [0.25, 0.3) is 11.8 Å². The number of likely N-dealkylation sites (tertiary alicyclic amines) is 1. The molecular formula is C23H23N5O3. The third kappa shape index (κ3) is 5.22. The number of hydrogen-bond donors (Lipinski definition) is 3. The molecular weight excluding hydrogens is 394 g/mol. The number of benzene rings is 2. The quantitative estimate of drug-likeness (QED) is 0.281. The average molecular weight is 417 g/mol. The minimum atomic E-state index is -0.794. The predicted molar refractivity (Wildman–Crippen MR) is 119 cm³/mol. The number of primary amides is 1. The van der Waals surface area contributed by atoms with Crippen LogP contribution >= 0.6 is 0 Å². The molecule has 2 aromatic rings. The Labute approximate surface area is 180 Å². The fourth-order valence-electron chi connectivity index (χ4n) is 3.25. The lowest BCUT2D eigenvalue weighted by molar-refractivity contribution is -0.124. The first-order valence-electron chi connectivity index (χ1n) is 9.61. The summed E-state index contributed by atoms with van der Waals surface area (Å²) < 4.78 is 5.75. The standard InChI is InChI=1S/C23H23N5O3/c1-2-19(29)28-13-12-16(14-28)27-22(25)20(23(26)30)21(24)15-8-10-18(11-9-15)31-17-6-4-3-5-7-17/h1,3-11,16H,12-14,24H2,(H2,25,27)(H2,26,30). The minimum Gasteiger partial charge on any atom is -0.457 e. The summed E-state index contributed by atoms with van der Waals surface area (Å²) in [4.78, 5) is 29.5. The third-order valence-electron chi connectivity index (χ3n) is 4.81. The van der Waals surface area contributed by atoms with Crippen LogP contribution in [0.5, 0.6) is 11.5 Å². The molecule has 0 aliphatic carbocycles. The van der Waals surface area contributed by atoms with Crippen molar-refractivity contribution in [1.82, 2.24) is 4.90 Å². The molecule has 0 bridgehead atoms. The number of para-hydroxylation sites is 1. The van der Waals surface area contributed by atoms with Gasteiger partial charge in [-0.25, -0.2) is 0 Å². The Hall–Kier alpha value is -4.25. The molecule has 3 rings (SSSR count). The number of rotatable bonds is 6. The van der Waals surface area contributed by atoms with Gasteiger partial charge in [-0.05, 0) is 54.3 Å². The number of amides is 2. The number of ether oxygens (including phenoxy) is 1. The lowest BCUT2D eigenvalue weighted by atomic mass is 10.0. The zero-order valence-electron chi connectivity index (χ0n) is 16.8. The largest absolute Gasteiger partial charge is 0.457 e. The summed E-state index contributed by atoms with van der Waals surface area (Å²) in [7, 11) is 0. The van der Waals surface area contributed by atoms with Crippen LogP contribution in [0.3, 0.4) is 0 Å². The van der Waals surface area contributed by atoms with Crippen molar-refractivity contribution in [3.8, 4) is 23.8 Å². The van der Waals surface area contributed by atoms with Crippen LogP contribution in [-0.2, 0) is 9.59 Å². The van der Waals surface area contributed by atoms with E-state index in [4.69, 9.17) is 28.4 Å². The first-order chi connectivity index (χ1) is 14.9. The van der Waals surface area contributed by atoms with E-state index in [0.717, 1.165) is 0 Å². The summed E-state index contributed by atoms with van der Waals surface area (Å²) in [6, 6.07) is 15.9. The summed E-state index contributed by atoms with van der Waals surface area (Å²) >= 11 is 0. The Morgan fingerprint density at radius 1 is 1.03 bits per heavy atom. The number of terminal acetylenes is 1. The van der Waals surface area contributed by atoms with E-state index in [1.165, 1.54) is 4.90 Å². The van der Waals surface area contributed by atoms with Crippen molar-refractivity contribution in [2.24, 2.45) is 22.2 Å². The molecule has 0 radical (unpaired) electrons. The minimum absolute atomic E-state index is 0.0709. The highest BCUT2D eigenvalue weighted by Crippen LogP contribution is 2.24. The zero-order valence-corrected chi connectivity index (χ0v) is 16.8. The smallest absolute Gasteiger partial charge is 0.298 e. The number of carbonyl (C=O) groups is 2. The maximum Gasteiger partial charge on any atom is 0.298 e. The van der Waals surface area contributed by atoms with Crippen LogP contribution in [0, 0.1) is 12.3 Å². The van der Waals surface area contributed by atoms with Crippen LogP contribution in [0.2, 0.25) is 0 Å². The van der Waals surface area contributed by atoms with E-state index in [0.29, 0.717) is 36.6 Å². The Morgan fingerprint density at radius 3 is 2.29 bits per heavy atom. The molecule has 2 aromatic carbocycles. The fourth-order valence-corrected chi connectivity index (χ4v) is 3.25. The number of nitrogens with two attached hydrogens (primary N) is 3. The number of nitrogens with zero attached hydrogens (tertiary/aromatic N) is 2. The number of amidine groups is 1. The molecule has 1 saturated heterocycles. The van der Waals surface area contributed by atoms with Gasteiger partial charge < -0.3 is 26.8 Å². The Morgan fingerprint density at radius 2 is 1.68 bits per heavy atom. The van der Waals surface area contributed by atoms with Gasteiger partial charge in [0, 0.05) is 13.1 Å². The normalized spacial score (nSPS) is 16.9. The number of hydrogen-bond acceptors (Lipinski definition) is 5. The fraction of sp³-hybridized carbons (Fsp3) is 0.174. The van der Waals surface area contributed by atoms with Crippen molar-refractivity contribution >= 4 is 23.3 Å². The van der Waals surface area contributed by atoms with Gasteiger partial charge >= 0.3 is 0 Å². The average Bonchev–Trinajstić information content (AvgIpc) is 3.22. The molecule has 0 aromatic heterocycles. The van der Waals surface area contributed by atoms with Gasteiger partial charge in [0.2, 0.25) is 0 Å². The molecule has 8 nitrogen and oxygen atoms in total. The van der Waals surface area contributed by atoms with E-state index in [1.807, 2.05) is 30.3 Å². The summed E-state index contributed by atoms with van der Waals surface area (Å²) in [5.74, 6) is 2.11. The maximum absolute atomic E-state index is 12.1. The van der Waals surface area contributed by atoms with E-state index in [-0.39, 0.29) is 23.1 Å². The van der Waals surface area contributed by atoms with Crippen LogP contribution in [-0.4, -0.2) is 41.7 Å². The molecule has 1 atom stereocenters. The zero-order chi connectivity index (χ0) is 22.4. The van der Waals surface area contributed by atoms with Gasteiger partial charge in [-0.1, -0.05) is 18.2 Å². The highest BCUT2D eigenvalue weighted by molar-refractivity contribution is 6.24. The second kappa shape index (κ2) is 9.50. The molecule has 0 saturated carbocycles. The summed E-state index contributed by atoms with van der Waals surface area (Å²) in [5.41, 5.74) is 18.4. The molecule has 31 heavy (non-hydrogen) atoms. The topological polar surface area (TPSA) is 137 Å². The number of carbonyl (C=O) groups excluding carboxylic acids is 2. The lowest BCUT2D eigenvalue weighted by Crippen LogP contribution is -2.32. The Balaban J connectivity index is 1.80. The van der Waals surface area contributed by atoms with Crippen LogP contribution in [0.15, 0.2) is 65.2 Å². The van der Waals surface area contributed by atoms with Gasteiger partial charge in [-0.15, -0.1) is 6.42 Å². The SMILES string of the molecule is C#CC(=O)N1CCC(N=C(N)C(C(N)=O)=C(N)c2ccc(Oc3ccccc3)cc2)C1. The molecule has 6 N–H and O–H groups in total. The van der Waals surface area contributed by atoms with E-state index in [9.17, 15) is 9.59 Å². The van der Waals surface area contributed by atoms with Crippen LogP contribution in [0.4, 0.5) is 0 Å². The molecule has 1 fully saturated rings. The van der Waals surface area contributed by atoms with Crippen molar-refractivity contribution in [3.63, 3.8) is 0 Å². The Bertz CT molecular complexity index is 1070. The van der Waals surface area contributed by atoms with E-state index < -0.39 is 11.8 Å². The summed E-state index contributed by atoms with van der Waals surface area (Å²) in [6.45, 7) is 0.791. The summed E-state index contributed by atoms with van der Waals surface area (Å²) in [5, 5.41) is 0. The van der Waals surface area contributed by atoms with Gasteiger partial charge in [0.05, 0.1) is 11.7 Å². The predicted octanol–water partition coefficient (Wildman–Crippen LogP) is 1.23. The maximum atomic E-state index is 12.1. The highest BCUT2D eigenvalue weighted by atomic mass is 16.5. The Kier molecular flexibility index (Phi) is 6.58. The molecule has 2 amide bonds. The molecule has 1 unspecified atom stereocenters. The van der Waals surface area contributed by atoms with E-state index in [2.05, 4.69) is 10.9 Å². The molecule has 158 valence electrons. The van der Waals surface area contributed by atoms with Gasteiger partial charge in [-0.2, -0.15) is 0 Å². The van der Waals surface area contributed by atoms with Crippen molar-refractivity contribution in [2.45, 2.75) is 12.5 Å². The number of aliphatic imine (C=N–C) groups is 1. The van der Waals surface area contributed by atoms with Crippen LogP contribution < -0.4 is 21.9 Å². The monoisotopic (exact) mass is 417 g/mol. The third-order valence-corrected chi connectivity index (χ3v) is 4.81. The lowest BCUT2D eigenvalue weighted by Gasteiger charge is -2.13. The highest BCUT2D eigenvalue weighted by Gasteiger charge is 2.26. The van der Waals surface area contributed by atoms with Crippen molar-refractivity contribution in [2.75, 3.05) is 13.1 Å². The van der Waals surface area contributed by atoms with Gasteiger partial charge in [0.15, 0.2) is 0 Å². The van der Waals surface area contributed by atoms with E-state index >= 15 is 0 Å². The molecule has 1 aliphatic rings. The van der Waals surface area contributed by atoms with Gasteiger partial charge in [-0.3, -0.25) is 14.6 Å². The van der Waals surface area contributed by atoms with Crippen molar-refractivity contribution in [3.05, 3.63) is 65.7 Å². The van der Waals surface area contributed by atoms with Crippen molar-refractivity contribution in [1.29, 1.82) is 0 Å². The van der Waals surface area contributed by atoms with Crippen LogP contribution in [0.25, 0.3) is 5.70 Å². The molecule has 8 heteroatoms. The van der Waals surface area contributed by atoms with Gasteiger partial charge in [0.1, 0.15) is 22.9 Å². The first-order valence-corrected chi connectivity index (χ1v) is 9.61. The van der Waals surface area contributed by atoms with Crippen molar-refractivity contribution < 1.29 is 14.3 Å². The second-order valence-electron chi connectivity index (χ2n) is 6.94. The molecule has 1 heterocycles. The molecule has 1 aliphatic heterocycles. The molecule has 0 spiro atoms. The first kappa shape index (κ1) is 21.5. The van der Waals surface area contributed by atoms with Crippen LogP contribution in [0.1, 0.15) is 12.0 Å².